The minimum absolute atomic E-state index is 0.632. The fraction of sp³-hybridized carbons (Fsp3) is 0. The van der Waals surface area contributed by atoms with Gasteiger partial charge in [-0.15, -0.1) is 0 Å². The lowest BCUT2D eigenvalue weighted by atomic mass is 9.90. The summed E-state index contributed by atoms with van der Waals surface area (Å²) in [6.07, 6.45) is 0. The predicted octanol–water partition coefficient (Wildman–Crippen LogP) is 11.5. The number of hydrogen-bond acceptors (Lipinski definition) is 3. The van der Waals surface area contributed by atoms with Gasteiger partial charge in [0.1, 0.15) is 0 Å². The maximum absolute atomic E-state index is 5.08. The normalized spacial score (nSPS) is 10.9. The second-order valence-electron chi connectivity index (χ2n) is 11.7. The Morgan fingerprint density at radius 1 is 0.208 bits per heavy atom. The van der Waals surface area contributed by atoms with Crippen LogP contribution in [-0.4, -0.2) is 15.0 Å². The molecule has 0 fully saturated rings. The SMILES string of the molecule is c1ccc(-c2cccc(-c3nc(-c4ccccc4)nc(-c4cccc(-c5ccc(-c6ccccc6)cc5-c5ccccc5)c4)n3)c2)cc1. The van der Waals surface area contributed by atoms with E-state index in [2.05, 4.69) is 152 Å². The molecular weight excluding hydrogens is 583 g/mol. The molecule has 0 saturated heterocycles. The Morgan fingerprint density at radius 3 is 1.12 bits per heavy atom. The van der Waals surface area contributed by atoms with Gasteiger partial charge in [-0.3, -0.25) is 0 Å². The van der Waals surface area contributed by atoms with Crippen molar-refractivity contribution in [2.45, 2.75) is 0 Å². The molecule has 0 N–H and O–H groups in total. The average Bonchev–Trinajstić information content (AvgIpc) is 3.19. The van der Waals surface area contributed by atoms with E-state index in [1.165, 1.54) is 22.3 Å². The smallest absolute Gasteiger partial charge is 0.164 e. The molecule has 8 rings (SSSR count). The molecule has 3 heteroatoms. The van der Waals surface area contributed by atoms with Crippen LogP contribution in [-0.2, 0) is 0 Å². The second kappa shape index (κ2) is 13.1. The van der Waals surface area contributed by atoms with Crippen molar-refractivity contribution in [2.75, 3.05) is 0 Å². The first-order chi connectivity index (χ1) is 23.8. The number of benzene rings is 7. The molecule has 0 amide bonds. The van der Waals surface area contributed by atoms with Crippen LogP contribution in [0.1, 0.15) is 0 Å². The van der Waals surface area contributed by atoms with E-state index in [0.717, 1.165) is 38.9 Å². The summed E-state index contributed by atoms with van der Waals surface area (Å²) in [4.78, 5) is 15.1. The highest BCUT2D eigenvalue weighted by molar-refractivity contribution is 5.88. The molecule has 0 atom stereocenters. The van der Waals surface area contributed by atoms with Crippen LogP contribution in [0.25, 0.3) is 78.7 Å². The molecule has 0 spiro atoms. The summed E-state index contributed by atoms with van der Waals surface area (Å²) >= 11 is 0. The summed E-state index contributed by atoms with van der Waals surface area (Å²) in [5.41, 5.74) is 12.0. The van der Waals surface area contributed by atoms with E-state index in [1.807, 2.05) is 36.4 Å². The minimum Gasteiger partial charge on any atom is -0.208 e. The van der Waals surface area contributed by atoms with Gasteiger partial charge in [0.05, 0.1) is 0 Å². The average molecular weight is 614 g/mol. The van der Waals surface area contributed by atoms with Crippen LogP contribution >= 0.6 is 0 Å². The van der Waals surface area contributed by atoms with Crippen molar-refractivity contribution in [3.63, 3.8) is 0 Å². The summed E-state index contributed by atoms with van der Waals surface area (Å²) in [5.74, 6) is 1.91. The van der Waals surface area contributed by atoms with Gasteiger partial charge in [-0.05, 0) is 62.7 Å². The van der Waals surface area contributed by atoms with Gasteiger partial charge in [0, 0.05) is 16.7 Å². The third kappa shape index (κ3) is 6.05. The van der Waals surface area contributed by atoms with Crippen LogP contribution in [0.15, 0.2) is 188 Å². The molecule has 0 aliphatic heterocycles. The molecule has 226 valence electrons. The van der Waals surface area contributed by atoms with E-state index in [4.69, 9.17) is 15.0 Å². The largest absolute Gasteiger partial charge is 0.208 e. The van der Waals surface area contributed by atoms with Crippen LogP contribution in [0.2, 0.25) is 0 Å². The Labute approximate surface area is 280 Å². The van der Waals surface area contributed by atoms with Crippen LogP contribution in [0.3, 0.4) is 0 Å². The van der Waals surface area contributed by atoms with Crippen molar-refractivity contribution in [1.82, 2.24) is 15.0 Å². The molecule has 0 aliphatic carbocycles. The highest BCUT2D eigenvalue weighted by Crippen LogP contribution is 2.37. The van der Waals surface area contributed by atoms with Crippen molar-refractivity contribution < 1.29 is 0 Å². The highest BCUT2D eigenvalue weighted by Gasteiger charge is 2.15. The molecule has 48 heavy (non-hydrogen) atoms. The van der Waals surface area contributed by atoms with E-state index in [9.17, 15) is 0 Å². The van der Waals surface area contributed by atoms with Crippen molar-refractivity contribution in [1.29, 1.82) is 0 Å². The number of hydrogen-bond donors (Lipinski definition) is 0. The zero-order valence-electron chi connectivity index (χ0n) is 26.2. The number of rotatable bonds is 7. The van der Waals surface area contributed by atoms with Crippen LogP contribution in [0, 0.1) is 0 Å². The van der Waals surface area contributed by atoms with Crippen molar-refractivity contribution in [3.8, 4) is 78.7 Å². The maximum Gasteiger partial charge on any atom is 0.164 e. The van der Waals surface area contributed by atoms with Crippen molar-refractivity contribution >= 4 is 0 Å². The lowest BCUT2D eigenvalue weighted by molar-refractivity contribution is 1.07. The Morgan fingerprint density at radius 2 is 0.583 bits per heavy atom. The lowest BCUT2D eigenvalue weighted by Crippen LogP contribution is -2.00. The fourth-order valence-electron chi connectivity index (χ4n) is 6.11. The van der Waals surface area contributed by atoms with Crippen LogP contribution < -0.4 is 0 Å². The van der Waals surface area contributed by atoms with Gasteiger partial charge < -0.3 is 0 Å². The van der Waals surface area contributed by atoms with Crippen LogP contribution in [0.5, 0.6) is 0 Å². The Balaban J connectivity index is 1.26. The standard InChI is InChI=1S/C45H31N3/c1-5-15-32(16-6-1)36-23-13-25-39(29-36)44-46-43(35-21-11-4-12-22-35)47-45(48-44)40-26-14-24-38(30-40)41-28-27-37(33-17-7-2-8-18-33)31-42(41)34-19-9-3-10-20-34/h1-31H. The van der Waals surface area contributed by atoms with E-state index in [1.54, 1.807) is 0 Å². The van der Waals surface area contributed by atoms with Gasteiger partial charge in [-0.2, -0.15) is 0 Å². The van der Waals surface area contributed by atoms with Gasteiger partial charge in [-0.25, -0.2) is 15.0 Å². The summed E-state index contributed by atoms with van der Waals surface area (Å²) in [7, 11) is 0. The molecule has 0 saturated carbocycles. The molecule has 7 aromatic carbocycles. The molecule has 8 aromatic rings. The van der Waals surface area contributed by atoms with E-state index >= 15 is 0 Å². The van der Waals surface area contributed by atoms with E-state index < -0.39 is 0 Å². The first-order valence-electron chi connectivity index (χ1n) is 16.1. The minimum atomic E-state index is 0.632. The summed E-state index contributed by atoms with van der Waals surface area (Å²) in [6, 6.07) is 65.3. The molecule has 0 aliphatic rings. The van der Waals surface area contributed by atoms with Crippen LogP contribution in [0.4, 0.5) is 0 Å². The fourth-order valence-corrected chi connectivity index (χ4v) is 6.11. The molecule has 0 unspecified atom stereocenters. The molecule has 1 heterocycles. The zero-order valence-corrected chi connectivity index (χ0v) is 26.2. The Bertz CT molecular complexity index is 2320. The number of aromatic nitrogens is 3. The first-order valence-corrected chi connectivity index (χ1v) is 16.1. The van der Waals surface area contributed by atoms with Gasteiger partial charge in [0.25, 0.3) is 0 Å². The topological polar surface area (TPSA) is 38.7 Å². The predicted molar refractivity (Wildman–Crippen MR) is 198 cm³/mol. The third-order valence-corrected chi connectivity index (χ3v) is 8.54. The number of nitrogens with zero attached hydrogens (tertiary/aromatic N) is 3. The van der Waals surface area contributed by atoms with E-state index in [0.29, 0.717) is 17.5 Å². The first kappa shape index (κ1) is 29.0. The van der Waals surface area contributed by atoms with Crippen molar-refractivity contribution in [2.24, 2.45) is 0 Å². The lowest BCUT2D eigenvalue weighted by Gasteiger charge is -2.14. The van der Waals surface area contributed by atoms with E-state index in [-0.39, 0.29) is 0 Å². The molecule has 1 aromatic heterocycles. The summed E-state index contributed by atoms with van der Waals surface area (Å²) in [6.45, 7) is 0. The Hall–Kier alpha value is -6.45. The Kier molecular flexibility index (Phi) is 7.92. The van der Waals surface area contributed by atoms with Gasteiger partial charge in [-0.1, -0.05) is 170 Å². The molecular formula is C45H31N3. The van der Waals surface area contributed by atoms with Gasteiger partial charge in [0.15, 0.2) is 17.5 Å². The second-order valence-corrected chi connectivity index (χ2v) is 11.7. The highest BCUT2D eigenvalue weighted by atomic mass is 15.0. The van der Waals surface area contributed by atoms with Crippen molar-refractivity contribution in [3.05, 3.63) is 188 Å². The molecule has 3 nitrogen and oxygen atoms in total. The maximum atomic E-state index is 5.08. The summed E-state index contributed by atoms with van der Waals surface area (Å²) in [5, 5.41) is 0. The van der Waals surface area contributed by atoms with Gasteiger partial charge >= 0.3 is 0 Å². The zero-order chi connectivity index (χ0) is 32.1. The quantitative estimate of drug-likeness (QED) is 0.179. The third-order valence-electron chi connectivity index (χ3n) is 8.54. The summed E-state index contributed by atoms with van der Waals surface area (Å²) < 4.78 is 0. The monoisotopic (exact) mass is 613 g/mol. The van der Waals surface area contributed by atoms with Gasteiger partial charge in [0.2, 0.25) is 0 Å². The molecule has 0 radical (unpaired) electrons. The molecule has 0 bridgehead atoms.